The van der Waals surface area contributed by atoms with Crippen LogP contribution in [0.15, 0.2) is 38.0 Å². The monoisotopic (exact) mass is 283 g/mol. The van der Waals surface area contributed by atoms with Gasteiger partial charge in [0.1, 0.15) is 0 Å². The largest absolute Gasteiger partial charge is 2.00 e. The third-order valence-corrected chi connectivity index (χ3v) is 0.500. The van der Waals surface area contributed by atoms with Gasteiger partial charge in [-0.25, -0.2) is 0 Å². The molecule has 17 heavy (non-hydrogen) atoms. The van der Waals surface area contributed by atoms with Gasteiger partial charge in [-0.15, -0.1) is 0 Å². The van der Waals surface area contributed by atoms with E-state index in [1.165, 1.54) is 0 Å². The second-order valence-corrected chi connectivity index (χ2v) is 1.57. The van der Waals surface area contributed by atoms with Crippen LogP contribution < -0.4 is 34.2 Å². The molecule has 0 unspecified atom stereocenters. The molecule has 8 heteroatoms. The van der Waals surface area contributed by atoms with Crippen LogP contribution in [-0.2, 0) is 31.5 Å². The number of hydrogen-bond acceptors (Lipinski definition) is 6. The SMILES string of the molecule is C=CC(=O)[O-].C=CC(=O)[O-].C=CC(=O)[O-].[Cu+2].[Li+]. The number of carboxylic acids is 3. The van der Waals surface area contributed by atoms with E-state index in [0.717, 1.165) is 18.2 Å². The van der Waals surface area contributed by atoms with Crippen molar-refractivity contribution in [2.45, 2.75) is 0 Å². The van der Waals surface area contributed by atoms with Crippen molar-refractivity contribution in [1.82, 2.24) is 0 Å². The molecule has 0 aliphatic rings. The van der Waals surface area contributed by atoms with E-state index < -0.39 is 17.9 Å². The van der Waals surface area contributed by atoms with Crippen molar-refractivity contribution in [2.75, 3.05) is 0 Å². The van der Waals surface area contributed by atoms with Crippen LogP contribution in [0.1, 0.15) is 0 Å². The predicted octanol–water partition coefficient (Wildman–Crippen LogP) is -6.23. The van der Waals surface area contributed by atoms with Gasteiger partial charge in [0.15, 0.2) is 0 Å². The maximum Gasteiger partial charge on any atom is 2.00 e. The van der Waals surface area contributed by atoms with Gasteiger partial charge in [-0.1, -0.05) is 19.7 Å². The number of carbonyl (C=O) groups is 3. The first-order valence-electron chi connectivity index (χ1n) is 3.32. The first-order valence-corrected chi connectivity index (χ1v) is 3.32. The van der Waals surface area contributed by atoms with Gasteiger partial charge in [0, 0.05) is 0 Å². The molecule has 0 aromatic rings. The summed E-state index contributed by atoms with van der Waals surface area (Å²) in [5.74, 6) is -3.69. The van der Waals surface area contributed by atoms with Crippen LogP contribution >= 0.6 is 0 Å². The molecule has 6 nitrogen and oxygen atoms in total. The van der Waals surface area contributed by atoms with Gasteiger partial charge >= 0.3 is 35.9 Å². The zero-order chi connectivity index (χ0) is 12.9. The van der Waals surface area contributed by atoms with Crippen molar-refractivity contribution in [3.05, 3.63) is 38.0 Å². The van der Waals surface area contributed by atoms with Crippen molar-refractivity contribution in [3.63, 3.8) is 0 Å². The summed E-state index contributed by atoms with van der Waals surface area (Å²) in [4.78, 5) is 27.4. The standard InChI is InChI=1S/3C3H4O2.Cu.Li/c3*1-2-3(4)5;;/h3*2H,1H2,(H,4,5);;/q;;;+2;+1/p-3. The molecule has 0 N–H and O–H groups in total. The Labute approximate surface area is 121 Å². The molecule has 0 aromatic heterocycles. The molecular weight excluding hydrogens is 275 g/mol. The van der Waals surface area contributed by atoms with Gasteiger partial charge < -0.3 is 29.7 Å². The smallest absolute Gasteiger partial charge is 0.545 e. The zero-order valence-corrected chi connectivity index (χ0v) is 10.0. The molecule has 93 valence electrons. The van der Waals surface area contributed by atoms with Crippen LogP contribution in [0.2, 0.25) is 0 Å². The Morgan fingerprint density at radius 1 is 0.706 bits per heavy atom. The molecule has 0 fully saturated rings. The minimum atomic E-state index is -1.23. The number of aliphatic carboxylic acids is 3. The van der Waals surface area contributed by atoms with Crippen molar-refractivity contribution in [3.8, 4) is 0 Å². The topological polar surface area (TPSA) is 120 Å². The molecule has 0 aliphatic heterocycles. The fraction of sp³-hybridized carbons (Fsp3) is 0. The molecule has 0 aromatic carbocycles. The Balaban J connectivity index is -0.0000000400. The van der Waals surface area contributed by atoms with Gasteiger partial charge in [0.05, 0.1) is 17.9 Å². The van der Waals surface area contributed by atoms with Crippen LogP contribution in [0.4, 0.5) is 0 Å². The molecule has 0 bridgehead atoms. The quantitative estimate of drug-likeness (QED) is 0.375. The van der Waals surface area contributed by atoms with Crippen LogP contribution in [0.3, 0.4) is 0 Å². The van der Waals surface area contributed by atoms with Crippen LogP contribution in [0.25, 0.3) is 0 Å². The summed E-state index contributed by atoms with van der Waals surface area (Å²) in [6, 6.07) is 0. The summed E-state index contributed by atoms with van der Waals surface area (Å²) in [5, 5.41) is 27.4. The summed E-state index contributed by atoms with van der Waals surface area (Å²) in [5.41, 5.74) is 0. The van der Waals surface area contributed by atoms with Crippen LogP contribution in [0, 0.1) is 0 Å². The molecule has 0 heterocycles. The van der Waals surface area contributed by atoms with E-state index in [1.807, 2.05) is 0 Å². The van der Waals surface area contributed by atoms with Gasteiger partial charge in [0.2, 0.25) is 0 Å². The zero-order valence-electron chi connectivity index (χ0n) is 9.10. The Bertz CT molecular complexity index is 221. The van der Waals surface area contributed by atoms with E-state index in [2.05, 4.69) is 19.7 Å². The second kappa shape index (κ2) is 24.1. The molecule has 1 radical (unpaired) electrons. The molecule has 0 amide bonds. The molecule has 0 saturated heterocycles. The van der Waals surface area contributed by atoms with Crippen molar-refractivity contribution in [1.29, 1.82) is 0 Å². The maximum absolute atomic E-state index is 9.14. The van der Waals surface area contributed by atoms with Gasteiger partial charge in [0.25, 0.3) is 0 Å². The molecule has 0 atom stereocenters. The Hall–Kier alpha value is -1.25. The minimum absolute atomic E-state index is 0. The van der Waals surface area contributed by atoms with Gasteiger partial charge in [-0.05, 0) is 18.2 Å². The fourth-order valence-corrected chi connectivity index (χ4v) is 0. The third-order valence-electron chi connectivity index (χ3n) is 0.500. The van der Waals surface area contributed by atoms with Gasteiger partial charge in [-0.3, -0.25) is 0 Å². The van der Waals surface area contributed by atoms with Crippen LogP contribution in [0.5, 0.6) is 0 Å². The summed E-state index contributed by atoms with van der Waals surface area (Å²) < 4.78 is 0. The average Bonchev–Trinajstić information content (AvgIpc) is 2.19. The summed E-state index contributed by atoms with van der Waals surface area (Å²) in [7, 11) is 0. The van der Waals surface area contributed by atoms with Crippen molar-refractivity contribution >= 4 is 17.9 Å². The maximum atomic E-state index is 9.14. The average molecular weight is 284 g/mol. The normalized spacial score (nSPS) is 5.65. The Morgan fingerprint density at radius 2 is 0.765 bits per heavy atom. The van der Waals surface area contributed by atoms with E-state index in [1.54, 1.807) is 0 Å². The minimum Gasteiger partial charge on any atom is -0.545 e. The number of hydrogen-bond donors (Lipinski definition) is 0. The van der Waals surface area contributed by atoms with E-state index >= 15 is 0 Å². The number of carbonyl (C=O) groups excluding carboxylic acids is 3. The van der Waals surface area contributed by atoms with E-state index in [0.29, 0.717) is 0 Å². The molecular formula is C9H9CuLiO6. The van der Waals surface area contributed by atoms with E-state index in [4.69, 9.17) is 29.7 Å². The first kappa shape index (κ1) is 29.7. The van der Waals surface area contributed by atoms with Crippen LogP contribution in [-0.4, -0.2) is 17.9 Å². The molecule has 0 aliphatic carbocycles. The first-order chi connectivity index (χ1) is 6.81. The molecule has 0 saturated carbocycles. The third kappa shape index (κ3) is 106. The number of carboxylic acid groups (broad SMARTS) is 3. The summed E-state index contributed by atoms with van der Waals surface area (Å²) in [6.07, 6.45) is 2.17. The predicted molar refractivity (Wildman–Crippen MR) is 45.6 cm³/mol. The summed E-state index contributed by atoms with van der Waals surface area (Å²) in [6.45, 7) is 8.69. The van der Waals surface area contributed by atoms with E-state index in [-0.39, 0.29) is 35.9 Å². The Kier molecular flexibility index (Phi) is 42.1. The van der Waals surface area contributed by atoms with E-state index in [9.17, 15) is 0 Å². The number of rotatable bonds is 3. The molecule has 0 rings (SSSR count). The second-order valence-electron chi connectivity index (χ2n) is 1.57. The molecule has 0 spiro atoms. The Morgan fingerprint density at radius 3 is 0.765 bits per heavy atom. The fourth-order valence-electron chi connectivity index (χ4n) is 0. The summed E-state index contributed by atoms with van der Waals surface area (Å²) >= 11 is 0. The van der Waals surface area contributed by atoms with Crippen molar-refractivity contribution < 1.29 is 65.6 Å². The van der Waals surface area contributed by atoms with Crippen molar-refractivity contribution in [2.24, 2.45) is 0 Å². The van der Waals surface area contributed by atoms with Gasteiger partial charge in [-0.2, -0.15) is 0 Å².